The van der Waals surface area contributed by atoms with Crippen molar-refractivity contribution in [3.8, 4) is 0 Å². The summed E-state index contributed by atoms with van der Waals surface area (Å²) in [6.07, 6.45) is 7.96. The lowest BCUT2D eigenvalue weighted by Gasteiger charge is -2.20. The maximum absolute atomic E-state index is 12.1. The molecule has 0 bridgehead atoms. The Hall–Kier alpha value is -1.19. The van der Waals surface area contributed by atoms with Gasteiger partial charge in [0.25, 0.3) is 5.82 Å². The van der Waals surface area contributed by atoms with Gasteiger partial charge in [-0.25, -0.2) is 4.73 Å². The molecular formula is C14H20Cl2N2O. The smallest absolute Gasteiger partial charge is 0.281 e. The van der Waals surface area contributed by atoms with Crippen LogP contribution in [0.3, 0.4) is 0 Å². The summed E-state index contributed by atoms with van der Waals surface area (Å²) >= 11 is 6.02. The highest BCUT2D eigenvalue weighted by Crippen LogP contribution is 2.17. The first-order valence-electron chi connectivity index (χ1n) is 5.97. The monoisotopic (exact) mass is 302 g/mol. The van der Waals surface area contributed by atoms with E-state index in [9.17, 15) is 5.21 Å². The van der Waals surface area contributed by atoms with Gasteiger partial charge in [-0.1, -0.05) is 23.8 Å². The number of aromatic nitrogens is 1. The summed E-state index contributed by atoms with van der Waals surface area (Å²) in [5, 5.41) is 12.6. The van der Waals surface area contributed by atoms with E-state index in [1.54, 1.807) is 19.1 Å². The second kappa shape index (κ2) is 8.83. The van der Waals surface area contributed by atoms with Gasteiger partial charge in [0.1, 0.15) is 18.8 Å². The van der Waals surface area contributed by atoms with Crippen molar-refractivity contribution in [2.75, 3.05) is 18.0 Å². The van der Waals surface area contributed by atoms with Gasteiger partial charge >= 0.3 is 0 Å². The van der Waals surface area contributed by atoms with Crippen molar-refractivity contribution in [1.82, 2.24) is 0 Å². The van der Waals surface area contributed by atoms with E-state index in [0.717, 1.165) is 4.73 Å². The van der Waals surface area contributed by atoms with Crippen LogP contribution in [0, 0.1) is 12.1 Å². The minimum absolute atomic E-state index is 0. The maximum Gasteiger partial charge on any atom is 0.281 e. The molecule has 1 aromatic rings. The number of hydrogen-bond donors (Lipinski definition) is 0. The van der Waals surface area contributed by atoms with Crippen molar-refractivity contribution in [3.05, 3.63) is 52.4 Å². The fourth-order valence-electron chi connectivity index (χ4n) is 1.61. The van der Waals surface area contributed by atoms with Crippen molar-refractivity contribution in [2.45, 2.75) is 20.8 Å². The third kappa shape index (κ3) is 5.13. The summed E-state index contributed by atoms with van der Waals surface area (Å²) in [5.41, 5.74) is 0.600. The van der Waals surface area contributed by atoms with Gasteiger partial charge < -0.3 is 5.21 Å². The molecular weight excluding hydrogens is 283 g/mol. The number of pyridine rings is 1. The predicted octanol–water partition coefficient (Wildman–Crippen LogP) is 3.66. The lowest BCUT2D eigenvalue weighted by molar-refractivity contribution is -0.599. The normalized spacial score (nSPS) is 10.9. The number of allylic oxidation sites excluding steroid dienone is 2. The Balaban J connectivity index is 0.00000324. The molecule has 0 unspecified atom stereocenters. The molecule has 0 aromatic carbocycles. The Morgan fingerprint density at radius 3 is 2.21 bits per heavy atom. The molecule has 0 N–H and O–H groups in total. The third-order valence-corrected chi connectivity index (χ3v) is 2.81. The van der Waals surface area contributed by atoms with Gasteiger partial charge in [-0.15, -0.1) is 12.4 Å². The van der Waals surface area contributed by atoms with Gasteiger partial charge in [-0.3, -0.25) is 4.90 Å². The summed E-state index contributed by atoms with van der Waals surface area (Å²) in [5.74, 6) is 0.580. The standard InChI is InChI=1S/C14H19ClN2O.ClH/c1-4-6-8-16(9-7-5-2)14-11-13(15)10-12(3)17(14)18;/h4-7,10-11H,8-9H2,1-3H3;1H. The summed E-state index contributed by atoms with van der Waals surface area (Å²) < 4.78 is 0.916. The van der Waals surface area contributed by atoms with Gasteiger partial charge in [0.15, 0.2) is 0 Å². The number of nitrogens with zero attached hydrogens (tertiary/aromatic N) is 2. The molecule has 0 fully saturated rings. The van der Waals surface area contributed by atoms with Crippen molar-refractivity contribution in [1.29, 1.82) is 0 Å². The zero-order valence-corrected chi connectivity index (χ0v) is 13.0. The predicted molar refractivity (Wildman–Crippen MR) is 84.2 cm³/mol. The Morgan fingerprint density at radius 2 is 1.74 bits per heavy atom. The van der Waals surface area contributed by atoms with E-state index in [0.29, 0.717) is 29.6 Å². The van der Waals surface area contributed by atoms with Crippen LogP contribution in [0.15, 0.2) is 36.4 Å². The largest absolute Gasteiger partial charge is 0.710 e. The van der Waals surface area contributed by atoms with Crippen molar-refractivity contribution < 1.29 is 4.73 Å². The van der Waals surface area contributed by atoms with Crippen LogP contribution >= 0.6 is 24.0 Å². The lowest BCUT2D eigenvalue weighted by Crippen LogP contribution is -2.40. The zero-order chi connectivity index (χ0) is 13.5. The molecule has 19 heavy (non-hydrogen) atoms. The fourth-order valence-corrected chi connectivity index (χ4v) is 1.86. The van der Waals surface area contributed by atoms with Crippen LogP contribution < -0.4 is 9.63 Å². The molecule has 1 aromatic heterocycles. The lowest BCUT2D eigenvalue weighted by atomic mass is 10.3. The van der Waals surface area contributed by atoms with Crippen LogP contribution in [0.4, 0.5) is 5.82 Å². The van der Waals surface area contributed by atoms with E-state index in [1.165, 1.54) is 0 Å². The minimum Gasteiger partial charge on any atom is -0.710 e. The fraction of sp³-hybridized carbons (Fsp3) is 0.357. The molecule has 0 aliphatic rings. The van der Waals surface area contributed by atoms with Crippen molar-refractivity contribution in [3.63, 3.8) is 0 Å². The maximum atomic E-state index is 12.1. The van der Waals surface area contributed by atoms with E-state index in [-0.39, 0.29) is 12.4 Å². The highest BCUT2D eigenvalue weighted by molar-refractivity contribution is 6.30. The molecule has 0 aliphatic heterocycles. The average molecular weight is 303 g/mol. The molecule has 3 nitrogen and oxygen atoms in total. The van der Waals surface area contributed by atoms with Crippen LogP contribution in [0.25, 0.3) is 0 Å². The SMILES string of the molecule is CC=CCN(CC=CC)c1cc(Cl)cc(C)[n+]1[O-].Cl. The van der Waals surface area contributed by atoms with E-state index >= 15 is 0 Å². The van der Waals surface area contributed by atoms with Gasteiger partial charge in [0.2, 0.25) is 0 Å². The third-order valence-electron chi connectivity index (χ3n) is 2.59. The van der Waals surface area contributed by atoms with E-state index in [2.05, 4.69) is 0 Å². The van der Waals surface area contributed by atoms with Gasteiger partial charge in [-0.05, 0) is 39.0 Å². The molecule has 106 valence electrons. The Kier molecular flexibility index (Phi) is 8.28. The molecule has 0 atom stereocenters. The molecule has 0 saturated heterocycles. The van der Waals surface area contributed by atoms with Crippen molar-refractivity contribution >= 4 is 29.8 Å². The highest BCUT2D eigenvalue weighted by Gasteiger charge is 2.16. The Labute approximate surface area is 126 Å². The first kappa shape index (κ1) is 17.8. The summed E-state index contributed by atoms with van der Waals surface area (Å²) in [7, 11) is 0. The number of anilines is 1. The number of rotatable bonds is 5. The van der Waals surface area contributed by atoms with Crippen LogP contribution in [-0.2, 0) is 0 Å². The summed E-state index contributed by atoms with van der Waals surface area (Å²) in [6.45, 7) is 7.04. The summed E-state index contributed by atoms with van der Waals surface area (Å²) in [4.78, 5) is 1.98. The number of hydrogen-bond acceptors (Lipinski definition) is 2. The van der Waals surface area contributed by atoms with Crippen LogP contribution in [0.2, 0.25) is 5.02 Å². The minimum atomic E-state index is 0. The molecule has 1 heterocycles. The topological polar surface area (TPSA) is 30.2 Å². The molecule has 0 spiro atoms. The van der Waals surface area contributed by atoms with Crippen LogP contribution in [-0.4, -0.2) is 13.1 Å². The van der Waals surface area contributed by atoms with Gasteiger partial charge in [0.05, 0.1) is 5.02 Å². The quantitative estimate of drug-likeness (QED) is 0.472. The average Bonchev–Trinajstić information content (AvgIpc) is 2.34. The first-order valence-corrected chi connectivity index (χ1v) is 6.35. The number of aryl methyl sites for hydroxylation is 1. The zero-order valence-electron chi connectivity index (χ0n) is 11.5. The Bertz CT molecular complexity index is 445. The van der Waals surface area contributed by atoms with Gasteiger partial charge in [0, 0.05) is 6.07 Å². The second-order valence-corrected chi connectivity index (χ2v) is 4.45. The number of halogens is 2. The Morgan fingerprint density at radius 1 is 1.21 bits per heavy atom. The second-order valence-electron chi connectivity index (χ2n) is 4.01. The molecule has 0 aliphatic carbocycles. The van der Waals surface area contributed by atoms with Crippen LogP contribution in [0.1, 0.15) is 19.5 Å². The molecule has 1 rings (SSSR count). The first-order chi connectivity index (χ1) is 8.60. The van der Waals surface area contributed by atoms with E-state index < -0.39 is 0 Å². The van der Waals surface area contributed by atoms with E-state index in [4.69, 9.17) is 11.6 Å². The summed E-state index contributed by atoms with van der Waals surface area (Å²) in [6, 6.07) is 3.37. The highest BCUT2D eigenvalue weighted by atomic mass is 35.5. The molecule has 0 radical (unpaired) electrons. The van der Waals surface area contributed by atoms with Crippen LogP contribution in [0.5, 0.6) is 0 Å². The molecule has 0 saturated carbocycles. The molecule has 5 heteroatoms. The van der Waals surface area contributed by atoms with Gasteiger partial charge in [-0.2, -0.15) is 0 Å². The van der Waals surface area contributed by atoms with E-state index in [1.807, 2.05) is 43.1 Å². The van der Waals surface area contributed by atoms with Crippen molar-refractivity contribution in [2.24, 2.45) is 0 Å². The molecule has 0 amide bonds.